The number of likely N-dealkylation sites (tertiary alicyclic amines) is 1. The number of alkyl halides is 2. The summed E-state index contributed by atoms with van der Waals surface area (Å²) in [7, 11) is 0. The fraction of sp³-hybridized carbons (Fsp3) is 0.385. The lowest BCUT2D eigenvalue weighted by molar-refractivity contribution is -0.0494. The molecule has 5 heteroatoms. The predicted octanol–water partition coefficient (Wildman–Crippen LogP) is 2.43. The topological polar surface area (TPSA) is 44.1 Å². The Morgan fingerprint density at radius 3 is 2.61 bits per heavy atom. The van der Waals surface area contributed by atoms with Gasteiger partial charge >= 0.3 is 0 Å². The summed E-state index contributed by atoms with van der Waals surface area (Å²) in [5.74, 6) is -2.95. The summed E-state index contributed by atoms with van der Waals surface area (Å²) in [6.07, 6.45) is -0.590. The Morgan fingerprint density at radius 2 is 2.00 bits per heavy atom. The van der Waals surface area contributed by atoms with E-state index in [1.54, 1.807) is 18.2 Å². The zero-order valence-corrected chi connectivity index (χ0v) is 9.70. The fourth-order valence-corrected chi connectivity index (χ4v) is 1.94. The number of piperidine rings is 1. The molecule has 0 aliphatic carbocycles. The van der Waals surface area contributed by atoms with Gasteiger partial charge in [-0.05, 0) is 18.2 Å². The van der Waals surface area contributed by atoms with Crippen LogP contribution in [0.1, 0.15) is 28.8 Å². The molecule has 0 aromatic heterocycles. The van der Waals surface area contributed by atoms with E-state index in [1.165, 1.54) is 11.0 Å². The first-order valence-electron chi connectivity index (χ1n) is 5.69. The maximum atomic E-state index is 13.0. The molecule has 1 saturated heterocycles. The molecule has 2 rings (SSSR count). The lowest BCUT2D eigenvalue weighted by Crippen LogP contribution is -2.42. The van der Waals surface area contributed by atoms with E-state index in [0.717, 1.165) is 0 Å². The molecule has 1 amide bonds. The molecule has 1 aromatic carbocycles. The van der Waals surface area contributed by atoms with Crippen molar-refractivity contribution >= 4 is 5.91 Å². The molecule has 94 valence electrons. The minimum Gasteiger partial charge on any atom is -0.338 e. The minimum atomic E-state index is -2.66. The van der Waals surface area contributed by atoms with Gasteiger partial charge in [0.2, 0.25) is 0 Å². The van der Waals surface area contributed by atoms with Crippen LogP contribution in [-0.2, 0) is 0 Å². The van der Waals surface area contributed by atoms with Crippen LogP contribution in [0.25, 0.3) is 0 Å². The summed E-state index contributed by atoms with van der Waals surface area (Å²) >= 11 is 0. The second kappa shape index (κ2) is 4.73. The van der Waals surface area contributed by atoms with Crippen molar-refractivity contribution in [3.63, 3.8) is 0 Å². The van der Waals surface area contributed by atoms with Crippen molar-refractivity contribution in [3.05, 3.63) is 35.4 Å². The maximum absolute atomic E-state index is 13.0. The van der Waals surface area contributed by atoms with Gasteiger partial charge in [0.15, 0.2) is 0 Å². The second-order valence-corrected chi connectivity index (χ2v) is 4.34. The summed E-state index contributed by atoms with van der Waals surface area (Å²) in [5.41, 5.74) is 0.766. The van der Waals surface area contributed by atoms with Gasteiger partial charge in [-0.2, -0.15) is 5.26 Å². The number of benzene rings is 1. The van der Waals surface area contributed by atoms with Crippen molar-refractivity contribution in [2.75, 3.05) is 13.1 Å². The van der Waals surface area contributed by atoms with Gasteiger partial charge in [-0.25, -0.2) is 8.78 Å². The van der Waals surface area contributed by atoms with Gasteiger partial charge in [0.05, 0.1) is 11.6 Å². The van der Waals surface area contributed by atoms with Crippen LogP contribution in [-0.4, -0.2) is 29.8 Å². The Morgan fingerprint density at radius 1 is 1.33 bits per heavy atom. The molecule has 18 heavy (non-hydrogen) atoms. The summed E-state index contributed by atoms with van der Waals surface area (Å²) in [5, 5.41) is 8.75. The standard InChI is InChI=1S/C13H12F2N2O/c14-13(15)4-6-17(7-5-13)12(18)11-3-1-2-10(8-11)9-16/h1-3,8H,4-7H2. The number of halogens is 2. The van der Waals surface area contributed by atoms with Gasteiger partial charge in [0.1, 0.15) is 0 Å². The number of hydrogen-bond acceptors (Lipinski definition) is 2. The van der Waals surface area contributed by atoms with E-state index >= 15 is 0 Å². The summed E-state index contributed by atoms with van der Waals surface area (Å²) in [4.78, 5) is 13.5. The van der Waals surface area contributed by atoms with Crippen LogP contribution in [0.15, 0.2) is 24.3 Å². The van der Waals surface area contributed by atoms with Crippen LogP contribution in [0.5, 0.6) is 0 Å². The SMILES string of the molecule is N#Cc1cccc(C(=O)N2CCC(F)(F)CC2)c1. The highest BCUT2D eigenvalue weighted by Crippen LogP contribution is 2.28. The Kier molecular flexibility index (Phi) is 3.28. The van der Waals surface area contributed by atoms with Crippen molar-refractivity contribution in [2.24, 2.45) is 0 Å². The van der Waals surface area contributed by atoms with Gasteiger partial charge in [0, 0.05) is 31.5 Å². The van der Waals surface area contributed by atoms with Crippen LogP contribution < -0.4 is 0 Å². The average molecular weight is 250 g/mol. The first kappa shape index (κ1) is 12.5. The molecular weight excluding hydrogens is 238 g/mol. The van der Waals surface area contributed by atoms with Crippen LogP contribution in [0.3, 0.4) is 0 Å². The number of amides is 1. The molecule has 1 aliphatic heterocycles. The van der Waals surface area contributed by atoms with Crippen molar-refractivity contribution in [2.45, 2.75) is 18.8 Å². The van der Waals surface area contributed by atoms with Gasteiger partial charge in [-0.1, -0.05) is 6.07 Å². The van der Waals surface area contributed by atoms with E-state index in [2.05, 4.69) is 0 Å². The number of rotatable bonds is 1. The molecule has 3 nitrogen and oxygen atoms in total. The number of nitrogens with zero attached hydrogens (tertiary/aromatic N) is 2. The Hall–Kier alpha value is -1.96. The molecule has 0 radical (unpaired) electrons. The van der Waals surface area contributed by atoms with Crippen molar-refractivity contribution in [1.29, 1.82) is 5.26 Å². The fourth-order valence-electron chi connectivity index (χ4n) is 1.94. The van der Waals surface area contributed by atoms with Crippen molar-refractivity contribution < 1.29 is 13.6 Å². The van der Waals surface area contributed by atoms with E-state index in [9.17, 15) is 13.6 Å². The predicted molar refractivity (Wildman–Crippen MR) is 61.2 cm³/mol. The highest BCUT2D eigenvalue weighted by atomic mass is 19.3. The van der Waals surface area contributed by atoms with E-state index in [1.807, 2.05) is 6.07 Å². The first-order valence-corrected chi connectivity index (χ1v) is 5.69. The largest absolute Gasteiger partial charge is 0.338 e. The summed E-state index contributed by atoms with van der Waals surface area (Å²) in [6, 6.07) is 8.24. The van der Waals surface area contributed by atoms with Gasteiger partial charge in [0.25, 0.3) is 11.8 Å². The van der Waals surface area contributed by atoms with Crippen LogP contribution in [0.4, 0.5) is 8.78 Å². The minimum absolute atomic E-state index is 0.0581. The normalized spacial score (nSPS) is 18.2. The zero-order chi connectivity index (χ0) is 13.2. The monoisotopic (exact) mass is 250 g/mol. The number of carbonyl (C=O) groups excluding carboxylic acids is 1. The molecule has 0 bridgehead atoms. The molecule has 0 spiro atoms. The molecule has 0 saturated carbocycles. The molecule has 1 heterocycles. The quantitative estimate of drug-likeness (QED) is 0.768. The van der Waals surface area contributed by atoms with Gasteiger partial charge < -0.3 is 4.90 Å². The highest BCUT2D eigenvalue weighted by Gasteiger charge is 2.35. The van der Waals surface area contributed by atoms with E-state index in [4.69, 9.17) is 5.26 Å². The maximum Gasteiger partial charge on any atom is 0.253 e. The summed E-state index contributed by atoms with van der Waals surface area (Å²) in [6.45, 7) is 0.116. The number of carbonyl (C=O) groups is 1. The van der Waals surface area contributed by atoms with Crippen LogP contribution >= 0.6 is 0 Å². The Balaban J connectivity index is 2.10. The number of nitriles is 1. The molecule has 0 unspecified atom stereocenters. The van der Waals surface area contributed by atoms with E-state index in [0.29, 0.717) is 11.1 Å². The highest BCUT2D eigenvalue weighted by molar-refractivity contribution is 5.94. The first-order chi connectivity index (χ1) is 8.52. The molecule has 0 N–H and O–H groups in total. The van der Waals surface area contributed by atoms with Crippen molar-refractivity contribution in [1.82, 2.24) is 4.90 Å². The van der Waals surface area contributed by atoms with Crippen molar-refractivity contribution in [3.8, 4) is 6.07 Å². The van der Waals surface area contributed by atoms with Gasteiger partial charge in [-0.15, -0.1) is 0 Å². The Bertz CT molecular complexity index is 498. The third-order valence-electron chi connectivity index (χ3n) is 3.02. The smallest absolute Gasteiger partial charge is 0.253 e. The number of hydrogen-bond donors (Lipinski definition) is 0. The van der Waals surface area contributed by atoms with E-state index < -0.39 is 5.92 Å². The summed E-state index contributed by atoms with van der Waals surface area (Å²) < 4.78 is 26.0. The zero-order valence-electron chi connectivity index (χ0n) is 9.70. The van der Waals surface area contributed by atoms with Crippen LogP contribution in [0.2, 0.25) is 0 Å². The molecule has 1 fully saturated rings. The van der Waals surface area contributed by atoms with Gasteiger partial charge in [-0.3, -0.25) is 4.79 Å². The lowest BCUT2D eigenvalue weighted by Gasteiger charge is -2.31. The molecule has 1 aliphatic rings. The molecule has 1 aromatic rings. The molecular formula is C13H12F2N2O. The molecule has 0 atom stereocenters. The average Bonchev–Trinajstić information content (AvgIpc) is 2.38. The lowest BCUT2D eigenvalue weighted by atomic mass is 10.0. The Labute approximate surface area is 104 Å². The third-order valence-corrected chi connectivity index (χ3v) is 3.02. The van der Waals surface area contributed by atoms with E-state index in [-0.39, 0.29) is 31.8 Å². The third kappa shape index (κ3) is 2.65. The second-order valence-electron chi connectivity index (χ2n) is 4.34. The van der Waals surface area contributed by atoms with Crippen LogP contribution in [0, 0.1) is 11.3 Å².